The number of benzene rings is 1. The Morgan fingerprint density at radius 1 is 1.17 bits per heavy atom. The first-order valence-electron chi connectivity index (χ1n) is 10.1. The molecule has 4 aromatic rings. The van der Waals surface area contributed by atoms with E-state index in [9.17, 15) is 9.90 Å². The Bertz CT molecular complexity index is 1140. The molecule has 0 aliphatic heterocycles. The van der Waals surface area contributed by atoms with Gasteiger partial charge in [-0.25, -0.2) is 9.50 Å². The minimum absolute atomic E-state index is 0.340. The summed E-state index contributed by atoms with van der Waals surface area (Å²) in [6, 6.07) is 5.34. The van der Waals surface area contributed by atoms with E-state index in [1.807, 2.05) is 47.0 Å². The molecule has 0 unspecified atom stereocenters. The molecule has 3 aromatic heterocycles. The normalized spacial score (nSPS) is 10.8. The first-order chi connectivity index (χ1) is 14.3. The van der Waals surface area contributed by atoms with Gasteiger partial charge in [0.2, 0.25) is 0 Å². The van der Waals surface area contributed by atoms with Crippen LogP contribution in [0.15, 0.2) is 43.0 Å². The third-order valence-corrected chi connectivity index (χ3v) is 4.19. The van der Waals surface area contributed by atoms with Crippen LogP contribution in [-0.2, 0) is 12.6 Å². The van der Waals surface area contributed by atoms with Crippen LogP contribution in [0.3, 0.4) is 0 Å². The summed E-state index contributed by atoms with van der Waals surface area (Å²) < 4.78 is 3.23. The number of anilines is 1. The second-order valence-electron chi connectivity index (χ2n) is 6.72. The van der Waals surface area contributed by atoms with Gasteiger partial charge >= 0.3 is 0 Å². The van der Waals surface area contributed by atoms with Crippen LogP contribution < -0.4 is 5.32 Å². The molecule has 0 radical (unpaired) electrons. The van der Waals surface area contributed by atoms with Crippen molar-refractivity contribution in [2.24, 2.45) is 7.05 Å². The largest absolute Gasteiger partial charge is 0.386 e. The Labute approximate surface area is 176 Å². The van der Waals surface area contributed by atoms with E-state index < -0.39 is 5.60 Å². The van der Waals surface area contributed by atoms with E-state index in [0.29, 0.717) is 22.5 Å². The minimum atomic E-state index is -1.15. The van der Waals surface area contributed by atoms with E-state index in [-0.39, 0.29) is 5.91 Å². The Morgan fingerprint density at radius 3 is 2.53 bits per heavy atom. The molecule has 0 fully saturated rings. The van der Waals surface area contributed by atoms with E-state index in [1.165, 1.54) is 10.7 Å². The van der Waals surface area contributed by atoms with Crippen LogP contribution >= 0.6 is 0 Å². The fourth-order valence-corrected chi connectivity index (χ4v) is 2.98. The number of hydrogen-bond donors (Lipinski definition) is 2. The molecule has 0 saturated carbocycles. The van der Waals surface area contributed by atoms with Gasteiger partial charge in [-0.05, 0) is 32.0 Å². The molecule has 0 atom stereocenters. The molecule has 0 saturated heterocycles. The van der Waals surface area contributed by atoms with Crippen molar-refractivity contribution < 1.29 is 9.90 Å². The highest BCUT2D eigenvalue weighted by atomic mass is 16.3. The van der Waals surface area contributed by atoms with Crippen LogP contribution in [0, 0.1) is 0 Å². The summed E-state index contributed by atoms with van der Waals surface area (Å²) in [6.07, 6.45) is 6.67. The fourth-order valence-electron chi connectivity index (χ4n) is 2.98. The summed E-state index contributed by atoms with van der Waals surface area (Å²) in [7, 11) is 1.83. The molecule has 3 heterocycles. The summed E-state index contributed by atoms with van der Waals surface area (Å²) in [4.78, 5) is 17.0. The number of carbonyl (C=O) groups excluding carboxylic acids is 1. The number of carbonyl (C=O) groups is 1. The number of aromatic nitrogens is 5. The molecule has 8 heteroatoms. The van der Waals surface area contributed by atoms with Gasteiger partial charge in [-0.1, -0.05) is 27.7 Å². The van der Waals surface area contributed by atoms with E-state index in [0.717, 1.165) is 10.9 Å². The van der Waals surface area contributed by atoms with E-state index in [1.54, 1.807) is 43.1 Å². The van der Waals surface area contributed by atoms with Crippen molar-refractivity contribution in [3.8, 4) is 0 Å². The fraction of sp³-hybridized carbons (Fsp3) is 0.364. The van der Waals surface area contributed by atoms with Crippen molar-refractivity contribution in [3.63, 3.8) is 0 Å². The minimum Gasteiger partial charge on any atom is -0.386 e. The second-order valence-corrected chi connectivity index (χ2v) is 6.72. The molecule has 2 N–H and O–H groups in total. The molecule has 0 aliphatic carbocycles. The highest BCUT2D eigenvalue weighted by Gasteiger charge is 2.24. The monoisotopic (exact) mass is 410 g/mol. The van der Waals surface area contributed by atoms with E-state index in [4.69, 9.17) is 0 Å². The van der Waals surface area contributed by atoms with Crippen molar-refractivity contribution in [3.05, 3.63) is 54.1 Å². The molecule has 1 amide bonds. The average molecular weight is 411 g/mol. The Balaban J connectivity index is 0.000000757. The molecule has 4 rings (SSSR count). The molecule has 160 valence electrons. The second kappa shape index (κ2) is 9.49. The predicted molar refractivity (Wildman–Crippen MR) is 120 cm³/mol. The molecular weight excluding hydrogens is 380 g/mol. The zero-order valence-electron chi connectivity index (χ0n) is 18.6. The zero-order chi connectivity index (χ0) is 22.5. The topological polar surface area (TPSA) is 97.3 Å². The SMILES string of the molecule is CC.CC.Cn1cc2cc(NC(=O)c3cnn4cccnc34)c(C(C)(C)O)cc2n1. The van der Waals surface area contributed by atoms with Gasteiger partial charge in [0.25, 0.3) is 5.91 Å². The summed E-state index contributed by atoms with van der Waals surface area (Å²) in [5, 5.41) is 22.8. The summed E-state index contributed by atoms with van der Waals surface area (Å²) >= 11 is 0. The van der Waals surface area contributed by atoms with E-state index in [2.05, 4.69) is 20.5 Å². The number of amides is 1. The number of nitrogens with one attached hydrogen (secondary N) is 1. The molecule has 0 bridgehead atoms. The summed E-state index contributed by atoms with van der Waals surface area (Å²) in [5.74, 6) is -0.340. The van der Waals surface area contributed by atoms with Crippen LogP contribution in [0.5, 0.6) is 0 Å². The molecule has 8 nitrogen and oxygen atoms in total. The maximum atomic E-state index is 12.8. The Hall–Kier alpha value is -3.26. The Kier molecular flexibility index (Phi) is 7.28. The van der Waals surface area contributed by atoms with Crippen molar-refractivity contribution in [1.29, 1.82) is 0 Å². The lowest BCUT2D eigenvalue weighted by atomic mass is 9.95. The zero-order valence-corrected chi connectivity index (χ0v) is 18.6. The smallest absolute Gasteiger partial charge is 0.261 e. The van der Waals surface area contributed by atoms with Gasteiger partial charge in [-0.2, -0.15) is 10.2 Å². The molecule has 0 aliphatic rings. The standard InChI is InChI=1S/C18H18N6O2.2C2H6/c1-18(2,26)13-8-14-11(10-23(3)22-14)7-15(13)21-17(25)12-9-20-24-6-4-5-19-16(12)24;2*1-2/h4-10,26H,1-3H3,(H,21,25);2*1-2H3. The maximum absolute atomic E-state index is 12.8. The lowest BCUT2D eigenvalue weighted by Gasteiger charge is -2.22. The predicted octanol–water partition coefficient (Wildman–Crippen LogP) is 4.15. The van der Waals surface area contributed by atoms with Gasteiger partial charge in [0.05, 0.1) is 17.3 Å². The van der Waals surface area contributed by atoms with Crippen LogP contribution in [-0.4, -0.2) is 35.4 Å². The number of aryl methyl sites for hydroxylation is 1. The highest BCUT2D eigenvalue weighted by molar-refractivity contribution is 6.09. The number of rotatable bonds is 3. The van der Waals surface area contributed by atoms with Crippen LogP contribution in [0.25, 0.3) is 16.6 Å². The van der Waals surface area contributed by atoms with Crippen molar-refractivity contribution in [2.75, 3.05) is 5.32 Å². The van der Waals surface area contributed by atoms with Gasteiger partial charge in [-0.15, -0.1) is 0 Å². The van der Waals surface area contributed by atoms with Gasteiger partial charge in [0, 0.05) is 42.3 Å². The van der Waals surface area contributed by atoms with Gasteiger partial charge in [-0.3, -0.25) is 9.48 Å². The third kappa shape index (κ3) is 4.65. The molecule has 30 heavy (non-hydrogen) atoms. The van der Waals surface area contributed by atoms with E-state index >= 15 is 0 Å². The Morgan fingerprint density at radius 2 is 1.87 bits per heavy atom. The quantitative estimate of drug-likeness (QED) is 0.529. The first-order valence-corrected chi connectivity index (χ1v) is 10.1. The van der Waals surface area contributed by atoms with Crippen molar-refractivity contribution in [2.45, 2.75) is 47.1 Å². The molecule has 1 aromatic carbocycles. The lowest BCUT2D eigenvalue weighted by Crippen LogP contribution is -2.21. The van der Waals surface area contributed by atoms with Crippen molar-refractivity contribution in [1.82, 2.24) is 24.4 Å². The number of hydrogen-bond acceptors (Lipinski definition) is 5. The first kappa shape index (κ1) is 23.0. The van der Waals surface area contributed by atoms with Crippen LogP contribution in [0.4, 0.5) is 5.69 Å². The van der Waals surface area contributed by atoms with Crippen LogP contribution in [0.2, 0.25) is 0 Å². The molecule has 0 spiro atoms. The van der Waals surface area contributed by atoms with Crippen LogP contribution in [0.1, 0.15) is 57.5 Å². The highest BCUT2D eigenvalue weighted by Crippen LogP contribution is 2.32. The average Bonchev–Trinajstić information content (AvgIpc) is 3.32. The van der Waals surface area contributed by atoms with Crippen molar-refractivity contribution >= 4 is 28.1 Å². The summed E-state index contributed by atoms with van der Waals surface area (Å²) in [5.41, 5.74) is 1.55. The van der Waals surface area contributed by atoms with Gasteiger partial charge in [0.15, 0.2) is 5.65 Å². The third-order valence-electron chi connectivity index (χ3n) is 4.19. The number of nitrogens with zero attached hydrogens (tertiary/aromatic N) is 5. The maximum Gasteiger partial charge on any atom is 0.261 e. The molecular formula is C22H30N6O2. The van der Waals surface area contributed by atoms with Gasteiger partial charge in [0.1, 0.15) is 5.56 Å². The lowest BCUT2D eigenvalue weighted by molar-refractivity contribution is 0.0794. The number of fused-ring (bicyclic) bond motifs is 2. The summed E-state index contributed by atoms with van der Waals surface area (Å²) in [6.45, 7) is 11.3. The number of aliphatic hydroxyl groups is 1. The van der Waals surface area contributed by atoms with Gasteiger partial charge < -0.3 is 10.4 Å².